The van der Waals surface area contributed by atoms with Crippen LogP contribution in [0.2, 0.25) is 20.1 Å². The summed E-state index contributed by atoms with van der Waals surface area (Å²) in [7, 11) is 0. The molecule has 1 aliphatic heterocycles. The van der Waals surface area contributed by atoms with Crippen LogP contribution < -0.4 is 5.32 Å². The van der Waals surface area contributed by atoms with E-state index in [1.54, 1.807) is 0 Å². The van der Waals surface area contributed by atoms with Crippen LogP contribution in [-0.2, 0) is 9.53 Å². The second-order valence-corrected chi connectivity index (χ2v) is 9.08. The van der Waals surface area contributed by atoms with Crippen molar-refractivity contribution >= 4 is 75.8 Å². The molecule has 0 aromatic heterocycles. The van der Waals surface area contributed by atoms with Crippen molar-refractivity contribution in [1.29, 1.82) is 0 Å². The maximum Gasteiger partial charge on any atom is 0.338 e. The van der Waals surface area contributed by atoms with Gasteiger partial charge in [-0.05, 0) is 37.6 Å². The van der Waals surface area contributed by atoms with Crippen molar-refractivity contribution in [3.05, 3.63) is 61.0 Å². The summed E-state index contributed by atoms with van der Waals surface area (Å²) in [6, 6.07) is 4.84. The molecule has 0 saturated carbocycles. The highest BCUT2D eigenvalue weighted by Gasteiger charge is 2.45. The van der Waals surface area contributed by atoms with E-state index in [0.29, 0.717) is 17.9 Å². The van der Waals surface area contributed by atoms with E-state index in [1.807, 2.05) is 0 Å². The molecule has 180 valence electrons. The van der Waals surface area contributed by atoms with Crippen molar-refractivity contribution < 1.29 is 23.9 Å². The number of nitrogens with one attached hydrogen (secondary N) is 1. The van der Waals surface area contributed by atoms with Crippen molar-refractivity contribution in [1.82, 2.24) is 4.90 Å². The zero-order chi connectivity index (χ0) is 25.2. The number of hydrogen-bond acceptors (Lipinski definition) is 5. The minimum atomic E-state index is -1.21. The van der Waals surface area contributed by atoms with Gasteiger partial charge in [-0.25, -0.2) is 4.79 Å². The van der Waals surface area contributed by atoms with Crippen LogP contribution in [0.1, 0.15) is 64.2 Å². The monoisotopic (exact) mass is 544 g/mol. The number of unbranched alkanes of at least 4 members (excludes halogenated alkanes) is 2. The molecule has 0 spiro atoms. The molecule has 0 saturated heterocycles. The molecule has 0 radical (unpaired) electrons. The molecular formula is C23H20Cl4N2O5. The molecule has 1 atom stereocenters. The van der Waals surface area contributed by atoms with Crippen LogP contribution in [0, 0.1) is 0 Å². The first-order chi connectivity index (χ1) is 16.1. The molecule has 2 aromatic carbocycles. The molecule has 1 N–H and O–H groups in total. The van der Waals surface area contributed by atoms with Gasteiger partial charge in [0.25, 0.3) is 11.8 Å². The molecule has 34 heavy (non-hydrogen) atoms. The number of nitrogens with zero attached hydrogens (tertiary/aromatic N) is 1. The normalized spacial score (nSPS) is 13.6. The number of esters is 1. The summed E-state index contributed by atoms with van der Waals surface area (Å²) in [4.78, 5) is 51.5. The predicted octanol–water partition coefficient (Wildman–Crippen LogP) is 6.27. The molecule has 7 nitrogen and oxygen atoms in total. The Kier molecular flexibility index (Phi) is 8.47. The van der Waals surface area contributed by atoms with Gasteiger partial charge in [0, 0.05) is 5.69 Å². The first kappa shape index (κ1) is 26.3. The van der Waals surface area contributed by atoms with E-state index in [9.17, 15) is 19.2 Å². The van der Waals surface area contributed by atoms with E-state index in [1.165, 1.54) is 31.2 Å². The van der Waals surface area contributed by atoms with E-state index in [4.69, 9.17) is 51.1 Å². The Bertz CT molecular complexity index is 1120. The van der Waals surface area contributed by atoms with Crippen molar-refractivity contribution in [2.45, 2.75) is 39.2 Å². The molecule has 0 aliphatic carbocycles. The third-order valence-electron chi connectivity index (χ3n) is 5.27. The summed E-state index contributed by atoms with van der Waals surface area (Å²) in [5.74, 6) is -2.73. The SMILES string of the molecule is CCCCCOC(=O)c1ccc(NC(=O)[C@H](C)N2C(=O)c3c(Cl)c(Cl)c(Cl)c(Cl)c3C2=O)cc1. The van der Waals surface area contributed by atoms with Crippen LogP contribution >= 0.6 is 46.4 Å². The fourth-order valence-corrected chi connectivity index (χ4v) is 4.39. The number of fused-ring (bicyclic) bond motifs is 1. The quantitative estimate of drug-likeness (QED) is 0.139. The van der Waals surface area contributed by atoms with E-state index in [0.717, 1.165) is 24.2 Å². The first-order valence-corrected chi connectivity index (χ1v) is 11.9. The fraction of sp³-hybridized carbons (Fsp3) is 0.304. The van der Waals surface area contributed by atoms with E-state index in [2.05, 4.69) is 12.2 Å². The zero-order valence-electron chi connectivity index (χ0n) is 18.2. The lowest BCUT2D eigenvalue weighted by Gasteiger charge is -2.21. The maximum atomic E-state index is 12.9. The number of ether oxygens (including phenoxy) is 1. The number of carbonyl (C=O) groups is 4. The highest BCUT2D eigenvalue weighted by molar-refractivity contribution is 6.55. The number of carbonyl (C=O) groups excluding carboxylic acids is 4. The van der Waals surface area contributed by atoms with Crippen LogP contribution in [0.25, 0.3) is 0 Å². The molecule has 2 aromatic rings. The molecule has 11 heteroatoms. The maximum absolute atomic E-state index is 12.9. The second kappa shape index (κ2) is 11.0. The first-order valence-electron chi connectivity index (χ1n) is 10.4. The molecule has 3 amide bonds. The fourth-order valence-electron chi connectivity index (χ4n) is 3.37. The topological polar surface area (TPSA) is 92.8 Å². The van der Waals surface area contributed by atoms with Crippen molar-refractivity contribution in [3.63, 3.8) is 0 Å². The number of halogens is 4. The molecule has 3 rings (SSSR count). The average Bonchev–Trinajstić information content (AvgIpc) is 3.08. The lowest BCUT2D eigenvalue weighted by molar-refractivity contribution is -0.119. The summed E-state index contributed by atoms with van der Waals surface area (Å²) in [5, 5.41) is 1.87. The van der Waals surface area contributed by atoms with Crippen LogP contribution in [0.5, 0.6) is 0 Å². The summed E-state index contributed by atoms with van der Waals surface area (Å²) in [6.45, 7) is 3.77. The number of amides is 3. The lowest BCUT2D eigenvalue weighted by Crippen LogP contribution is -2.45. The summed E-state index contributed by atoms with van der Waals surface area (Å²) < 4.78 is 5.20. The van der Waals surface area contributed by atoms with Crippen molar-refractivity contribution in [2.75, 3.05) is 11.9 Å². The molecule has 1 aliphatic rings. The summed E-state index contributed by atoms with van der Waals surface area (Å²) in [5.41, 5.74) is 0.291. The van der Waals surface area contributed by atoms with Gasteiger partial charge in [0.1, 0.15) is 6.04 Å². The van der Waals surface area contributed by atoms with Gasteiger partial charge in [-0.3, -0.25) is 19.3 Å². The Balaban J connectivity index is 1.71. The van der Waals surface area contributed by atoms with Gasteiger partial charge in [-0.2, -0.15) is 0 Å². The van der Waals surface area contributed by atoms with Crippen LogP contribution in [-0.4, -0.2) is 41.2 Å². The van der Waals surface area contributed by atoms with Crippen molar-refractivity contribution in [2.24, 2.45) is 0 Å². The standard InChI is InChI=1S/C23H20Cl4N2O5/c1-3-4-5-10-34-23(33)12-6-8-13(9-7-12)28-20(30)11(2)29-21(31)14-15(22(29)32)17(25)19(27)18(26)16(14)24/h6-9,11H,3-5,10H2,1-2H3,(H,28,30)/t11-/m0/s1. The van der Waals surface area contributed by atoms with Gasteiger partial charge in [-0.15, -0.1) is 0 Å². The largest absolute Gasteiger partial charge is 0.462 e. The lowest BCUT2D eigenvalue weighted by atomic mass is 10.1. The summed E-state index contributed by atoms with van der Waals surface area (Å²) >= 11 is 24.3. The van der Waals surface area contributed by atoms with Crippen molar-refractivity contribution in [3.8, 4) is 0 Å². The molecule has 1 heterocycles. The Labute approximate surface area is 216 Å². The highest BCUT2D eigenvalue weighted by atomic mass is 35.5. The number of hydrogen-bond donors (Lipinski definition) is 1. The second-order valence-electron chi connectivity index (χ2n) is 7.57. The summed E-state index contributed by atoms with van der Waals surface area (Å²) in [6.07, 6.45) is 2.79. The van der Waals surface area contributed by atoms with Gasteiger partial charge in [0.05, 0.1) is 43.4 Å². The van der Waals surface area contributed by atoms with Gasteiger partial charge < -0.3 is 10.1 Å². The van der Waals surface area contributed by atoms with Gasteiger partial charge in [0.2, 0.25) is 5.91 Å². The van der Waals surface area contributed by atoms with Gasteiger partial charge >= 0.3 is 5.97 Å². The minimum Gasteiger partial charge on any atom is -0.462 e. The van der Waals surface area contributed by atoms with E-state index >= 15 is 0 Å². The van der Waals surface area contributed by atoms with E-state index in [-0.39, 0.29) is 31.2 Å². The van der Waals surface area contributed by atoms with Crippen LogP contribution in [0.15, 0.2) is 24.3 Å². The number of benzene rings is 2. The van der Waals surface area contributed by atoms with Gasteiger partial charge in [-0.1, -0.05) is 66.2 Å². The average molecular weight is 546 g/mol. The Morgan fingerprint density at radius 1 is 0.912 bits per heavy atom. The molecule has 0 unspecified atom stereocenters. The minimum absolute atomic E-state index is 0.156. The van der Waals surface area contributed by atoms with E-state index < -0.39 is 29.7 Å². The third-order valence-corrected chi connectivity index (χ3v) is 7.07. The Morgan fingerprint density at radius 2 is 1.44 bits per heavy atom. The molecule has 0 fully saturated rings. The number of rotatable bonds is 8. The number of imide groups is 1. The highest BCUT2D eigenvalue weighted by Crippen LogP contribution is 2.45. The number of anilines is 1. The van der Waals surface area contributed by atoms with Crippen LogP contribution in [0.3, 0.4) is 0 Å². The molecule has 0 bridgehead atoms. The Morgan fingerprint density at radius 3 is 1.94 bits per heavy atom. The third kappa shape index (κ3) is 5.03. The van der Waals surface area contributed by atoms with Gasteiger partial charge in [0.15, 0.2) is 0 Å². The Hall–Kier alpha value is -2.32. The zero-order valence-corrected chi connectivity index (χ0v) is 21.2. The van der Waals surface area contributed by atoms with Crippen LogP contribution in [0.4, 0.5) is 5.69 Å². The predicted molar refractivity (Wildman–Crippen MR) is 131 cm³/mol. The smallest absolute Gasteiger partial charge is 0.338 e. The molecular weight excluding hydrogens is 526 g/mol.